The van der Waals surface area contributed by atoms with E-state index in [1.807, 2.05) is 48.5 Å². The summed E-state index contributed by atoms with van der Waals surface area (Å²) in [6.45, 7) is 0. The summed E-state index contributed by atoms with van der Waals surface area (Å²) in [6, 6.07) is 24.2. The number of hydrogen-bond acceptors (Lipinski definition) is 2. The molecule has 3 heteroatoms. The number of nitrogens with one attached hydrogen (secondary N) is 1. The predicted molar refractivity (Wildman–Crippen MR) is 94.4 cm³/mol. The molecule has 1 N–H and O–H groups in total. The quantitative estimate of drug-likeness (QED) is 0.675. The average Bonchev–Trinajstić information content (AvgIpc) is 2.56. The van der Waals surface area contributed by atoms with Crippen LogP contribution in [0.15, 0.2) is 77.7 Å². The van der Waals surface area contributed by atoms with Crippen molar-refractivity contribution in [3.05, 3.63) is 72.8 Å². The normalized spacial score (nSPS) is 10.5. The van der Waals surface area contributed by atoms with Crippen molar-refractivity contribution in [1.29, 1.82) is 0 Å². The lowest BCUT2D eigenvalue weighted by Gasteiger charge is -2.08. The zero-order chi connectivity index (χ0) is 15.2. The van der Waals surface area contributed by atoms with Gasteiger partial charge < -0.3 is 5.32 Å². The van der Waals surface area contributed by atoms with Crippen molar-refractivity contribution in [2.45, 2.75) is 11.3 Å². The molecule has 0 aromatic heterocycles. The lowest BCUT2D eigenvalue weighted by molar-refractivity contribution is -0.115. The first-order chi connectivity index (χ1) is 10.8. The Morgan fingerprint density at radius 3 is 2.45 bits per heavy atom. The summed E-state index contributed by atoms with van der Waals surface area (Å²) >= 11 is 1.70. The fraction of sp³-hybridized carbons (Fsp3) is 0.105. The van der Waals surface area contributed by atoms with Gasteiger partial charge >= 0.3 is 0 Å². The zero-order valence-corrected chi connectivity index (χ0v) is 13.0. The van der Waals surface area contributed by atoms with Gasteiger partial charge in [-0.2, -0.15) is 0 Å². The Morgan fingerprint density at radius 1 is 0.864 bits per heavy atom. The van der Waals surface area contributed by atoms with Gasteiger partial charge in [0.05, 0.1) is 0 Å². The molecule has 0 aliphatic carbocycles. The van der Waals surface area contributed by atoms with Crippen LogP contribution in [0.1, 0.15) is 6.42 Å². The number of rotatable bonds is 5. The minimum absolute atomic E-state index is 0.0554. The van der Waals surface area contributed by atoms with Crippen molar-refractivity contribution >= 4 is 34.1 Å². The molecule has 2 nitrogen and oxygen atoms in total. The van der Waals surface area contributed by atoms with Gasteiger partial charge in [0.1, 0.15) is 0 Å². The minimum atomic E-state index is 0.0554. The van der Waals surface area contributed by atoms with E-state index in [4.69, 9.17) is 0 Å². The highest BCUT2D eigenvalue weighted by Gasteiger charge is 2.05. The van der Waals surface area contributed by atoms with Gasteiger partial charge in [0, 0.05) is 28.1 Å². The largest absolute Gasteiger partial charge is 0.325 e. The summed E-state index contributed by atoms with van der Waals surface area (Å²) in [4.78, 5) is 13.3. The van der Waals surface area contributed by atoms with Crippen LogP contribution in [0.5, 0.6) is 0 Å². The Kier molecular flexibility index (Phi) is 4.76. The van der Waals surface area contributed by atoms with E-state index in [1.54, 1.807) is 11.8 Å². The maximum absolute atomic E-state index is 12.1. The second-order valence-corrected chi connectivity index (χ2v) is 6.15. The van der Waals surface area contributed by atoms with Crippen LogP contribution in [0.2, 0.25) is 0 Å². The summed E-state index contributed by atoms with van der Waals surface area (Å²) in [5.74, 6) is 0.834. The zero-order valence-electron chi connectivity index (χ0n) is 12.2. The lowest BCUT2D eigenvalue weighted by atomic mass is 10.1. The second-order valence-electron chi connectivity index (χ2n) is 4.99. The molecular weight excluding hydrogens is 290 g/mol. The van der Waals surface area contributed by atoms with Crippen LogP contribution in [0.4, 0.5) is 5.69 Å². The maximum Gasteiger partial charge on any atom is 0.225 e. The number of carbonyl (C=O) groups excluding carboxylic acids is 1. The third-order valence-electron chi connectivity index (χ3n) is 3.40. The van der Waals surface area contributed by atoms with Crippen molar-refractivity contribution in [2.75, 3.05) is 11.1 Å². The van der Waals surface area contributed by atoms with E-state index in [0.717, 1.165) is 22.2 Å². The Labute approximate surface area is 134 Å². The van der Waals surface area contributed by atoms with Crippen LogP contribution in [0.25, 0.3) is 10.8 Å². The van der Waals surface area contributed by atoms with Gasteiger partial charge in [-0.3, -0.25) is 4.79 Å². The highest BCUT2D eigenvalue weighted by Crippen LogP contribution is 2.23. The molecule has 3 rings (SSSR count). The summed E-state index contributed by atoms with van der Waals surface area (Å²) in [5.41, 5.74) is 0.882. The Hall–Kier alpha value is -2.26. The standard InChI is InChI=1S/C19H17NOS/c21-19(13-14-22-16-9-2-1-3-10-16)20-18-12-6-8-15-7-4-5-11-17(15)18/h1-12H,13-14H2,(H,20,21). The fourth-order valence-electron chi connectivity index (χ4n) is 2.33. The van der Waals surface area contributed by atoms with Gasteiger partial charge in [0.25, 0.3) is 0 Å². The molecule has 0 saturated heterocycles. The van der Waals surface area contributed by atoms with Crippen LogP contribution in [0.3, 0.4) is 0 Å². The van der Waals surface area contributed by atoms with E-state index >= 15 is 0 Å². The van der Waals surface area contributed by atoms with Gasteiger partial charge in [0.15, 0.2) is 0 Å². The topological polar surface area (TPSA) is 29.1 Å². The molecule has 0 bridgehead atoms. The number of carbonyl (C=O) groups is 1. The first-order valence-electron chi connectivity index (χ1n) is 7.28. The van der Waals surface area contributed by atoms with Crippen LogP contribution in [-0.4, -0.2) is 11.7 Å². The molecule has 0 spiro atoms. The van der Waals surface area contributed by atoms with Crippen LogP contribution < -0.4 is 5.32 Å². The van der Waals surface area contributed by atoms with E-state index in [2.05, 4.69) is 29.6 Å². The molecule has 0 saturated carbocycles. The Morgan fingerprint density at radius 2 is 1.59 bits per heavy atom. The number of amides is 1. The first-order valence-corrected chi connectivity index (χ1v) is 8.27. The number of fused-ring (bicyclic) bond motifs is 1. The molecule has 0 radical (unpaired) electrons. The van der Waals surface area contributed by atoms with Gasteiger partial charge in [-0.05, 0) is 23.6 Å². The third-order valence-corrected chi connectivity index (χ3v) is 4.42. The molecule has 1 amide bonds. The van der Waals surface area contributed by atoms with Crippen LogP contribution in [-0.2, 0) is 4.79 Å². The molecule has 3 aromatic rings. The summed E-state index contributed by atoms with van der Waals surface area (Å²) < 4.78 is 0. The van der Waals surface area contributed by atoms with Crippen molar-refractivity contribution < 1.29 is 4.79 Å². The monoisotopic (exact) mass is 307 g/mol. The number of benzene rings is 3. The van der Waals surface area contributed by atoms with Crippen molar-refractivity contribution in [3.8, 4) is 0 Å². The van der Waals surface area contributed by atoms with Crippen molar-refractivity contribution in [3.63, 3.8) is 0 Å². The third kappa shape index (κ3) is 3.68. The summed E-state index contributed by atoms with van der Waals surface area (Å²) in [7, 11) is 0. The van der Waals surface area contributed by atoms with Crippen LogP contribution in [0, 0.1) is 0 Å². The summed E-state index contributed by atoms with van der Waals surface area (Å²) in [5, 5.41) is 5.23. The van der Waals surface area contributed by atoms with Gasteiger partial charge in [-0.1, -0.05) is 54.6 Å². The van der Waals surface area contributed by atoms with E-state index < -0.39 is 0 Å². The van der Waals surface area contributed by atoms with E-state index in [-0.39, 0.29) is 5.91 Å². The molecule has 0 heterocycles. The molecule has 22 heavy (non-hydrogen) atoms. The van der Waals surface area contributed by atoms with E-state index in [1.165, 1.54) is 4.90 Å². The molecule has 110 valence electrons. The highest BCUT2D eigenvalue weighted by atomic mass is 32.2. The van der Waals surface area contributed by atoms with Gasteiger partial charge in [0.2, 0.25) is 5.91 Å². The molecule has 0 atom stereocenters. The first kappa shape index (κ1) is 14.7. The fourth-order valence-corrected chi connectivity index (χ4v) is 3.20. The molecule has 0 unspecified atom stereocenters. The number of hydrogen-bond donors (Lipinski definition) is 1. The van der Waals surface area contributed by atoms with E-state index in [9.17, 15) is 4.79 Å². The second kappa shape index (κ2) is 7.14. The lowest BCUT2D eigenvalue weighted by Crippen LogP contribution is -2.12. The molecule has 0 aliphatic heterocycles. The van der Waals surface area contributed by atoms with Crippen molar-refractivity contribution in [1.82, 2.24) is 0 Å². The molecule has 0 fully saturated rings. The Balaban J connectivity index is 1.59. The highest BCUT2D eigenvalue weighted by molar-refractivity contribution is 7.99. The van der Waals surface area contributed by atoms with Gasteiger partial charge in [-0.15, -0.1) is 11.8 Å². The predicted octanol–water partition coefficient (Wildman–Crippen LogP) is 4.96. The van der Waals surface area contributed by atoms with Crippen LogP contribution >= 0.6 is 11.8 Å². The number of thioether (sulfide) groups is 1. The summed E-state index contributed by atoms with van der Waals surface area (Å²) in [6.07, 6.45) is 0.503. The molecular formula is C19H17NOS. The Bertz CT molecular complexity index is 765. The van der Waals surface area contributed by atoms with Crippen molar-refractivity contribution in [2.24, 2.45) is 0 Å². The number of anilines is 1. The minimum Gasteiger partial charge on any atom is -0.325 e. The molecule has 0 aliphatic rings. The maximum atomic E-state index is 12.1. The van der Waals surface area contributed by atoms with Gasteiger partial charge in [-0.25, -0.2) is 0 Å². The SMILES string of the molecule is O=C(CCSc1ccccc1)Nc1cccc2ccccc12. The smallest absolute Gasteiger partial charge is 0.225 e. The van der Waals surface area contributed by atoms with E-state index in [0.29, 0.717) is 6.42 Å². The molecule has 3 aromatic carbocycles. The average molecular weight is 307 g/mol.